The van der Waals surface area contributed by atoms with Gasteiger partial charge in [0.2, 0.25) is 0 Å². The summed E-state index contributed by atoms with van der Waals surface area (Å²) in [6, 6.07) is 5.53. The summed E-state index contributed by atoms with van der Waals surface area (Å²) in [6.07, 6.45) is 4.03. The highest BCUT2D eigenvalue weighted by Crippen LogP contribution is 2.32. The maximum atomic E-state index is 9.95. The Balaban J connectivity index is 1.97. The first kappa shape index (κ1) is 14.2. The molecule has 0 aliphatic heterocycles. The molecule has 3 nitrogen and oxygen atoms in total. The van der Waals surface area contributed by atoms with Gasteiger partial charge >= 0.3 is 0 Å². The number of methoxy groups -OCH3 is 1. The Kier molecular flexibility index (Phi) is 4.70. The molecule has 0 saturated heterocycles. The van der Waals surface area contributed by atoms with Crippen molar-refractivity contribution >= 4 is 0 Å². The van der Waals surface area contributed by atoms with E-state index in [1.54, 1.807) is 19.2 Å². The second-order valence-electron chi connectivity index (χ2n) is 5.72. The number of phenolic OH excluding ortho intramolecular Hbond substituents is 1. The number of hydrogen-bond acceptors (Lipinski definition) is 3. The molecule has 3 unspecified atom stereocenters. The van der Waals surface area contributed by atoms with E-state index >= 15 is 0 Å². The molecule has 0 amide bonds. The molecule has 1 aromatic rings. The van der Waals surface area contributed by atoms with Crippen LogP contribution in [-0.4, -0.2) is 18.8 Å². The van der Waals surface area contributed by atoms with Crippen LogP contribution >= 0.6 is 0 Å². The monoisotopic (exact) mass is 263 g/mol. The van der Waals surface area contributed by atoms with Crippen LogP contribution in [0.3, 0.4) is 0 Å². The van der Waals surface area contributed by atoms with E-state index in [2.05, 4.69) is 19.2 Å². The van der Waals surface area contributed by atoms with E-state index in [-0.39, 0.29) is 6.04 Å². The molecule has 3 heteroatoms. The highest BCUT2D eigenvalue weighted by atomic mass is 16.5. The van der Waals surface area contributed by atoms with Gasteiger partial charge in [-0.25, -0.2) is 0 Å². The van der Waals surface area contributed by atoms with E-state index < -0.39 is 0 Å². The summed E-state index contributed by atoms with van der Waals surface area (Å²) in [5, 5.41) is 13.5. The van der Waals surface area contributed by atoms with Gasteiger partial charge in [-0.05, 0) is 49.9 Å². The Bertz CT molecular complexity index is 419. The quantitative estimate of drug-likeness (QED) is 0.854. The second-order valence-corrected chi connectivity index (χ2v) is 5.72. The number of rotatable bonds is 5. The van der Waals surface area contributed by atoms with Crippen molar-refractivity contribution in [3.05, 3.63) is 23.8 Å². The van der Waals surface area contributed by atoms with E-state index in [4.69, 9.17) is 4.74 Å². The number of hydrogen-bond donors (Lipinski definition) is 2. The van der Waals surface area contributed by atoms with E-state index in [0.29, 0.717) is 5.75 Å². The van der Waals surface area contributed by atoms with Gasteiger partial charge in [0.05, 0.1) is 7.11 Å². The van der Waals surface area contributed by atoms with E-state index in [0.717, 1.165) is 29.7 Å². The van der Waals surface area contributed by atoms with Crippen molar-refractivity contribution in [2.24, 2.45) is 11.8 Å². The Labute approximate surface area is 116 Å². The maximum Gasteiger partial charge on any atom is 0.120 e. The molecule has 19 heavy (non-hydrogen) atoms. The number of aromatic hydroxyl groups is 1. The molecule has 106 valence electrons. The first-order chi connectivity index (χ1) is 9.11. The predicted octanol–water partition coefficient (Wildman–Crippen LogP) is 3.49. The molecular formula is C16H25NO2. The molecule has 0 aromatic heterocycles. The minimum absolute atomic E-state index is 0.142. The van der Waals surface area contributed by atoms with Crippen molar-refractivity contribution in [2.45, 2.75) is 39.2 Å². The molecule has 0 heterocycles. The Hall–Kier alpha value is -1.22. The zero-order valence-corrected chi connectivity index (χ0v) is 12.1. The average Bonchev–Trinajstić information content (AvgIpc) is 2.82. The summed E-state index contributed by atoms with van der Waals surface area (Å²) in [5.41, 5.74) is 0.907. The van der Waals surface area contributed by atoms with Gasteiger partial charge in [-0.2, -0.15) is 0 Å². The molecule has 1 aliphatic rings. The summed E-state index contributed by atoms with van der Waals surface area (Å²) >= 11 is 0. The highest BCUT2D eigenvalue weighted by molar-refractivity contribution is 5.41. The minimum atomic E-state index is 0.142. The smallest absolute Gasteiger partial charge is 0.120 e. The third kappa shape index (κ3) is 3.41. The number of ether oxygens (including phenoxy) is 1. The predicted molar refractivity (Wildman–Crippen MR) is 77.6 cm³/mol. The lowest BCUT2D eigenvalue weighted by atomic mass is 9.97. The van der Waals surface area contributed by atoms with Crippen LogP contribution in [0.2, 0.25) is 0 Å². The molecule has 2 rings (SSSR count). The summed E-state index contributed by atoms with van der Waals surface area (Å²) < 4.78 is 5.22. The van der Waals surface area contributed by atoms with E-state index in [1.165, 1.54) is 19.3 Å². The molecule has 1 fully saturated rings. The normalized spacial score (nSPS) is 24.4. The molecule has 0 radical (unpaired) electrons. The van der Waals surface area contributed by atoms with Crippen LogP contribution in [0, 0.1) is 11.8 Å². The zero-order chi connectivity index (χ0) is 13.8. The van der Waals surface area contributed by atoms with Gasteiger partial charge in [0, 0.05) is 11.6 Å². The van der Waals surface area contributed by atoms with Gasteiger partial charge in [-0.3, -0.25) is 0 Å². The topological polar surface area (TPSA) is 41.5 Å². The third-order valence-electron chi connectivity index (χ3n) is 4.43. The van der Waals surface area contributed by atoms with Crippen LogP contribution in [0.15, 0.2) is 18.2 Å². The van der Waals surface area contributed by atoms with Crippen LogP contribution in [0.1, 0.15) is 44.7 Å². The molecule has 3 atom stereocenters. The summed E-state index contributed by atoms with van der Waals surface area (Å²) in [6.45, 7) is 5.46. The fourth-order valence-electron chi connectivity index (χ4n) is 2.97. The molecular weight excluding hydrogens is 238 g/mol. The highest BCUT2D eigenvalue weighted by Gasteiger charge is 2.23. The van der Waals surface area contributed by atoms with Crippen molar-refractivity contribution < 1.29 is 9.84 Å². The largest absolute Gasteiger partial charge is 0.508 e. The van der Waals surface area contributed by atoms with Gasteiger partial charge in [0.1, 0.15) is 11.5 Å². The van der Waals surface area contributed by atoms with Crippen LogP contribution in [0.25, 0.3) is 0 Å². The van der Waals surface area contributed by atoms with Gasteiger partial charge in [0.15, 0.2) is 0 Å². The van der Waals surface area contributed by atoms with Crippen molar-refractivity contribution in [3.8, 4) is 11.5 Å². The van der Waals surface area contributed by atoms with E-state index in [9.17, 15) is 5.11 Å². The standard InChI is InChI=1S/C16H25NO2/c1-11-5-4-6-13(11)10-17-12(2)15-9-14(19-3)7-8-16(15)18/h7-9,11-13,17-18H,4-6,10H2,1-3H3. The molecule has 0 bridgehead atoms. The first-order valence-corrected chi connectivity index (χ1v) is 7.22. The Morgan fingerprint density at radius 1 is 1.42 bits per heavy atom. The van der Waals surface area contributed by atoms with Gasteiger partial charge < -0.3 is 15.2 Å². The molecule has 2 N–H and O–H groups in total. The second kappa shape index (κ2) is 6.29. The Morgan fingerprint density at radius 3 is 2.84 bits per heavy atom. The summed E-state index contributed by atoms with van der Waals surface area (Å²) in [7, 11) is 1.65. The lowest BCUT2D eigenvalue weighted by Gasteiger charge is -2.21. The van der Waals surface area contributed by atoms with Crippen molar-refractivity contribution in [2.75, 3.05) is 13.7 Å². The fraction of sp³-hybridized carbons (Fsp3) is 0.625. The zero-order valence-electron chi connectivity index (χ0n) is 12.1. The molecule has 1 saturated carbocycles. The SMILES string of the molecule is COc1ccc(O)c(C(C)NCC2CCCC2C)c1. The minimum Gasteiger partial charge on any atom is -0.508 e. The van der Waals surface area contributed by atoms with Gasteiger partial charge in [0.25, 0.3) is 0 Å². The van der Waals surface area contributed by atoms with E-state index in [1.807, 2.05) is 6.07 Å². The van der Waals surface area contributed by atoms with Crippen molar-refractivity contribution in [1.82, 2.24) is 5.32 Å². The van der Waals surface area contributed by atoms with Crippen LogP contribution < -0.4 is 10.1 Å². The lowest BCUT2D eigenvalue weighted by Crippen LogP contribution is -2.27. The maximum absolute atomic E-state index is 9.95. The van der Waals surface area contributed by atoms with Crippen LogP contribution in [-0.2, 0) is 0 Å². The van der Waals surface area contributed by atoms with Gasteiger partial charge in [-0.1, -0.05) is 19.8 Å². The lowest BCUT2D eigenvalue weighted by molar-refractivity contribution is 0.368. The van der Waals surface area contributed by atoms with Crippen molar-refractivity contribution in [3.63, 3.8) is 0 Å². The molecule has 1 aromatic carbocycles. The number of nitrogens with one attached hydrogen (secondary N) is 1. The van der Waals surface area contributed by atoms with Crippen molar-refractivity contribution in [1.29, 1.82) is 0 Å². The van der Waals surface area contributed by atoms with Crippen LogP contribution in [0.5, 0.6) is 11.5 Å². The molecule has 1 aliphatic carbocycles. The summed E-state index contributed by atoms with van der Waals surface area (Å²) in [5.74, 6) is 2.71. The van der Waals surface area contributed by atoms with Crippen LogP contribution in [0.4, 0.5) is 0 Å². The first-order valence-electron chi connectivity index (χ1n) is 7.22. The molecule has 0 spiro atoms. The number of phenols is 1. The average molecular weight is 263 g/mol. The van der Waals surface area contributed by atoms with Gasteiger partial charge in [-0.15, -0.1) is 0 Å². The Morgan fingerprint density at radius 2 is 2.21 bits per heavy atom. The summed E-state index contributed by atoms with van der Waals surface area (Å²) in [4.78, 5) is 0. The number of benzene rings is 1. The third-order valence-corrected chi connectivity index (χ3v) is 4.43. The fourth-order valence-corrected chi connectivity index (χ4v) is 2.97.